The number of hydrogen-bond donors (Lipinski definition) is 3. The first-order valence-corrected chi connectivity index (χ1v) is 12.3. The smallest absolute Gasteiger partial charge is 1.00 e. The molecular weight excluding hydrogens is 419 g/mol. The second kappa shape index (κ2) is 23.3. The summed E-state index contributed by atoms with van der Waals surface area (Å²) >= 11 is 0. The first-order chi connectivity index (χ1) is 13.6. The van der Waals surface area contributed by atoms with Crippen molar-refractivity contribution in [2.24, 2.45) is 0 Å². The standard InChI is InChI=1S/C17H36O3S.C4H4O4.Na.H/c1-3-5-6-7-8-9-10-11-12-13-14-15-16-17(4-2)21(18,19)20;5-3(6)1-2-4(7)8;;/h17H,3-16H2,1-2H3,(H,18,19,20);1-2H,(H,5,6)(H,7,8);;/q;;+1;-1/b;2-1-;;. The maximum absolute atomic E-state index is 11.1. The SMILES string of the molecule is CCCCCCCCCCCCCCC(CC)S(=O)(=O)O.O=C(O)/C=C\C(=O)O.[H-].[Na+]. The predicted octanol–water partition coefficient (Wildman–Crippen LogP) is 2.57. The number of carboxylic acid groups (broad SMARTS) is 2. The normalized spacial score (nSPS) is 12.0. The van der Waals surface area contributed by atoms with Crippen LogP contribution >= 0.6 is 0 Å². The van der Waals surface area contributed by atoms with Gasteiger partial charge in [0.25, 0.3) is 10.1 Å². The van der Waals surface area contributed by atoms with Crippen LogP contribution in [0.2, 0.25) is 0 Å². The zero-order chi connectivity index (χ0) is 22.5. The Balaban J connectivity index is -0.000000311. The summed E-state index contributed by atoms with van der Waals surface area (Å²) in [5.41, 5.74) is 0. The van der Waals surface area contributed by atoms with E-state index in [9.17, 15) is 18.0 Å². The fraction of sp³-hybridized carbons (Fsp3) is 0.810. The van der Waals surface area contributed by atoms with Crippen LogP contribution in [-0.4, -0.2) is 40.4 Å². The molecule has 0 saturated heterocycles. The zero-order valence-corrected chi connectivity index (χ0v) is 21.8. The summed E-state index contributed by atoms with van der Waals surface area (Å²) in [6.45, 7) is 4.07. The van der Waals surface area contributed by atoms with Crippen LogP contribution in [0.1, 0.15) is 105 Å². The van der Waals surface area contributed by atoms with Gasteiger partial charge in [-0.3, -0.25) is 4.55 Å². The summed E-state index contributed by atoms with van der Waals surface area (Å²) in [6.07, 6.45) is 17.6. The van der Waals surface area contributed by atoms with Crippen LogP contribution in [0.4, 0.5) is 0 Å². The molecule has 0 radical (unpaired) electrons. The summed E-state index contributed by atoms with van der Waals surface area (Å²) < 4.78 is 31.1. The maximum Gasteiger partial charge on any atom is 1.00 e. The monoisotopic (exact) mass is 460 g/mol. The molecule has 9 heteroatoms. The first-order valence-electron chi connectivity index (χ1n) is 10.7. The molecule has 0 aliphatic rings. The molecule has 0 aromatic rings. The molecule has 1 atom stereocenters. The van der Waals surface area contributed by atoms with Crippen LogP contribution in [0.5, 0.6) is 0 Å². The quantitative estimate of drug-likeness (QED) is 0.132. The average molecular weight is 461 g/mol. The van der Waals surface area contributed by atoms with Crippen molar-refractivity contribution >= 4 is 22.1 Å². The Morgan fingerprint density at radius 2 is 1.10 bits per heavy atom. The fourth-order valence-corrected chi connectivity index (χ4v) is 3.81. The molecule has 0 aromatic heterocycles. The van der Waals surface area contributed by atoms with E-state index >= 15 is 0 Å². The van der Waals surface area contributed by atoms with Crippen molar-refractivity contribution < 1.29 is 63.8 Å². The Kier molecular flexibility index (Phi) is 26.5. The molecule has 0 bridgehead atoms. The van der Waals surface area contributed by atoms with Crippen LogP contribution in [-0.2, 0) is 19.7 Å². The molecule has 1 unspecified atom stereocenters. The minimum Gasteiger partial charge on any atom is -1.00 e. The van der Waals surface area contributed by atoms with Crippen LogP contribution < -0.4 is 29.6 Å². The van der Waals surface area contributed by atoms with Gasteiger partial charge in [0.05, 0.1) is 5.25 Å². The zero-order valence-electron chi connectivity index (χ0n) is 20.0. The topological polar surface area (TPSA) is 129 Å². The van der Waals surface area contributed by atoms with Gasteiger partial charge in [0.1, 0.15) is 0 Å². The second-order valence-electron chi connectivity index (χ2n) is 7.23. The Morgan fingerprint density at radius 3 is 1.37 bits per heavy atom. The average Bonchev–Trinajstić information content (AvgIpc) is 2.63. The molecule has 0 saturated carbocycles. The van der Waals surface area contributed by atoms with E-state index in [0.29, 0.717) is 25.0 Å². The van der Waals surface area contributed by atoms with Crippen LogP contribution in [0.15, 0.2) is 12.2 Å². The summed E-state index contributed by atoms with van der Waals surface area (Å²) in [4.78, 5) is 19.1. The maximum atomic E-state index is 11.1. The third kappa shape index (κ3) is 27.6. The van der Waals surface area contributed by atoms with Gasteiger partial charge in [0, 0.05) is 12.2 Å². The molecule has 30 heavy (non-hydrogen) atoms. The van der Waals surface area contributed by atoms with Gasteiger partial charge in [-0.25, -0.2) is 9.59 Å². The molecule has 0 spiro atoms. The summed E-state index contributed by atoms with van der Waals surface area (Å²) in [5, 5.41) is 15.1. The summed E-state index contributed by atoms with van der Waals surface area (Å²) in [6, 6.07) is 0. The second-order valence-corrected chi connectivity index (χ2v) is 8.93. The van der Waals surface area contributed by atoms with E-state index in [4.69, 9.17) is 14.8 Å². The number of unbranched alkanes of at least 4 members (excludes halogenated alkanes) is 11. The van der Waals surface area contributed by atoms with Crippen LogP contribution in [0, 0.1) is 0 Å². The van der Waals surface area contributed by atoms with Crippen molar-refractivity contribution in [3.63, 3.8) is 0 Å². The van der Waals surface area contributed by atoms with E-state index < -0.39 is 27.3 Å². The van der Waals surface area contributed by atoms with Gasteiger partial charge in [-0.2, -0.15) is 8.42 Å². The number of carboxylic acids is 2. The molecule has 0 aliphatic heterocycles. The molecule has 0 heterocycles. The van der Waals surface area contributed by atoms with E-state index in [1.807, 2.05) is 6.92 Å². The van der Waals surface area contributed by atoms with Gasteiger partial charge in [0.2, 0.25) is 0 Å². The first kappa shape index (κ1) is 34.2. The van der Waals surface area contributed by atoms with Crippen molar-refractivity contribution in [2.75, 3.05) is 0 Å². The Hall–Kier alpha value is -0.410. The predicted molar refractivity (Wildman–Crippen MR) is 117 cm³/mol. The molecular formula is C21H41NaO7S. The van der Waals surface area contributed by atoms with Crippen molar-refractivity contribution in [3.05, 3.63) is 12.2 Å². The number of aliphatic carboxylic acids is 2. The molecule has 3 N–H and O–H groups in total. The number of carbonyl (C=O) groups is 2. The third-order valence-corrected chi connectivity index (χ3v) is 6.04. The fourth-order valence-electron chi connectivity index (χ4n) is 2.92. The van der Waals surface area contributed by atoms with E-state index in [0.717, 1.165) is 12.8 Å². The Labute approximate surface area is 206 Å². The molecule has 0 aromatic carbocycles. The molecule has 0 rings (SSSR count). The number of rotatable bonds is 17. The van der Waals surface area contributed by atoms with Gasteiger partial charge in [-0.1, -0.05) is 90.9 Å². The summed E-state index contributed by atoms with van der Waals surface area (Å²) in [5.74, 6) is -2.51. The van der Waals surface area contributed by atoms with Crippen LogP contribution in [0.25, 0.3) is 0 Å². The van der Waals surface area contributed by atoms with Crippen molar-refractivity contribution in [1.82, 2.24) is 0 Å². The van der Waals surface area contributed by atoms with Crippen molar-refractivity contribution in [1.29, 1.82) is 0 Å². The van der Waals surface area contributed by atoms with E-state index in [-0.39, 0.29) is 31.0 Å². The van der Waals surface area contributed by atoms with Crippen molar-refractivity contribution in [2.45, 2.75) is 109 Å². The Morgan fingerprint density at radius 1 is 0.767 bits per heavy atom. The molecule has 0 amide bonds. The van der Waals surface area contributed by atoms with Crippen LogP contribution in [0.3, 0.4) is 0 Å². The van der Waals surface area contributed by atoms with E-state index in [2.05, 4.69) is 6.92 Å². The minimum absolute atomic E-state index is 0. The van der Waals surface area contributed by atoms with Gasteiger partial charge in [-0.05, 0) is 12.8 Å². The summed E-state index contributed by atoms with van der Waals surface area (Å²) in [7, 11) is -3.83. The van der Waals surface area contributed by atoms with Crippen molar-refractivity contribution in [3.8, 4) is 0 Å². The van der Waals surface area contributed by atoms with Gasteiger partial charge in [0.15, 0.2) is 0 Å². The molecule has 0 fully saturated rings. The van der Waals surface area contributed by atoms with E-state index in [1.165, 1.54) is 64.2 Å². The van der Waals surface area contributed by atoms with Gasteiger partial charge < -0.3 is 11.6 Å². The molecule has 0 aliphatic carbocycles. The third-order valence-electron chi connectivity index (χ3n) is 4.62. The largest absolute Gasteiger partial charge is 1.00 e. The van der Waals surface area contributed by atoms with Gasteiger partial charge >= 0.3 is 41.5 Å². The Bertz CT molecular complexity index is 538. The molecule has 174 valence electrons. The molecule has 7 nitrogen and oxygen atoms in total. The minimum atomic E-state index is -3.83. The van der Waals surface area contributed by atoms with E-state index in [1.54, 1.807) is 0 Å². The number of hydrogen-bond acceptors (Lipinski definition) is 4. The van der Waals surface area contributed by atoms with Gasteiger partial charge in [-0.15, -0.1) is 0 Å².